The van der Waals surface area contributed by atoms with Gasteiger partial charge in [0.05, 0.1) is 5.69 Å². The molecular formula is C29H31N3O2S. The number of nitrogens with zero attached hydrogens (tertiary/aromatic N) is 2. The molecule has 35 heavy (non-hydrogen) atoms. The summed E-state index contributed by atoms with van der Waals surface area (Å²) in [5.74, 6) is -0.912. The van der Waals surface area contributed by atoms with Crippen LogP contribution in [-0.2, 0) is 15.0 Å². The van der Waals surface area contributed by atoms with E-state index in [1.165, 1.54) is 10.5 Å². The van der Waals surface area contributed by atoms with Crippen LogP contribution in [0.3, 0.4) is 0 Å². The summed E-state index contributed by atoms with van der Waals surface area (Å²) in [6.45, 7) is 14.5. The molecule has 1 aliphatic heterocycles. The molecule has 0 radical (unpaired) electrons. The Labute approximate surface area is 212 Å². The Kier molecular flexibility index (Phi) is 6.28. The molecule has 6 heteroatoms. The highest BCUT2D eigenvalue weighted by Gasteiger charge is 2.35. The van der Waals surface area contributed by atoms with E-state index in [4.69, 9.17) is 12.2 Å². The Morgan fingerprint density at radius 3 is 2.17 bits per heavy atom. The van der Waals surface area contributed by atoms with Gasteiger partial charge in [0.1, 0.15) is 5.57 Å². The number of aryl methyl sites for hydroxylation is 3. The van der Waals surface area contributed by atoms with E-state index < -0.39 is 11.8 Å². The number of carbonyl (C=O) groups excluding carboxylic acids is 2. The van der Waals surface area contributed by atoms with Gasteiger partial charge >= 0.3 is 0 Å². The van der Waals surface area contributed by atoms with E-state index in [0.717, 1.165) is 33.8 Å². The van der Waals surface area contributed by atoms with E-state index in [9.17, 15) is 9.59 Å². The smallest absolute Gasteiger partial charge is 0.270 e. The predicted molar refractivity (Wildman–Crippen MR) is 146 cm³/mol. The van der Waals surface area contributed by atoms with Gasteiger partial charge < -0.3 is 4.57 Å². The Morgan fingerprint density at radius 2 is 1.57 bits per heavy atom. The number of amides is 2. The van der Waals surface area contributed by atoms with Crippen molar-refractivity contribution in [1.82, 2.24) is 9.88 Å². The van der Waals surface area contributed by atoms with Crippen molar-refractivity contribution in [3.05, 3.63) is 87.7 Å². The van der Waals surface area contributed by atoms with Crippen molar-refractivity contribution in [1.29, 1.82) is 0 Å². The number of hydrogen-bond donors (Lipinski definition) is 1. The second kappa shape index (κ2) is 8.93. The fourth-order valence-electron chi connectivity index (χ4n) is 4.53. The molecule has 2 amide bonds. The molecule has 1 N–H and O–H groups in total. The van der Waals surface area contributed by atoms with Crippen molar-refractivity contribution >= 4 is 40.9 Å². The van der Waals surface area contributed by atoms with Gasteiger partial charge in [-0.25, -0.2) is 0 Å². The van der Waals surface area contributed by atoms with Crippen LogP contribution in [0.5, 0.6) is 0 Å². The summed E-state index contributed by atoms with van der Waals surface area (Å²) in [5.41, 5.74) is 7.88. The number of thiocarbonyl (C=S) groups is 1. The Morgan fingerprint density at radius 1 is 0.914 bits per heavy atom. The minimum atomic E-state index is -0.486. The molecule has 0 saturated carbocycles. The van der Waals surface area contributed by atoms with Crippen LogP contribution in [0.1, 0.15) is 54.4 Å². The van der Waals surface area contributed by atoms with Crippen LogP contribution in [0, 0.1) is 27.7 Å². The first kappa shape index (κ1) is 24.6. The molecule has 0 bridgehead atoms. The maximum absolute atomic E-state index is 13.5. The fourth-order valence-corrected chi connectivity index (χ4v) is 4.80. The highest BCUT2D eigenvalue weighted by molar-refractivity contribution is 7.80. The van der Waals surface area contributed by atoms with Crippen LogP contribution >= 0.6 is 12.2 Å². The Hall–Kier alpha value is -3.51. The third kappa shape index (κ3) is 4.58. The molecule has 1 saturated heterocycles. The Bertz CT molecular complexity index is 1390. The minimum absolute atomic E-state index is 0.0573. The van der Waals surface area contributed by atoms with Crippen LogP contribution < -0.4 is 10.2 Å². The van der Waals surface area contributed by atoms with Gasteiger partial charge in [-0.3, -0.25) is 19.8 Å². The molecule has 0 unspecified atom stereocenters. The summed E-state index contributed by atoms with van der Waals surface area (Å²) in [6, 6.07) is 16.3. The molecule has 1 aliphatic rings. The van der Waals surface area contributed by atoms with Crippen molar-refractivity contribution in [2.75, 3.05) is 4.90 Å². The number of hydrogen-bond acceptors (Lipinski definition) is 3. The van der Waals surface area contributed by atoms with E-state index >= 15 is 0 Å². The lowest BCUT2D eigenvalue weighted by Crippen LogP contribution is -2.54. The lowest BCUT2D eigenvalue weighted by atomic mass is 9.87. The first-order chi connectivity index (χ1) is 16.4. The van der Waals surface area contributed by atoms with E-state index in [2.05, 4.69) is 54.9 Å². The van der Waals surface area contributed by atoms with E-state index in [1.54, 1.807) is 6.08 Å². The number of nitrogens with one attached hydrogen (secondary N) is 1. The van der Waals surface area contributed by atoms with Gasteiger partial charge in [-0.1, -0.05) is 50.6 Å². The normalized spacial score (nSPS) is 15.7. The van der Waals surface area contributed by atoms with Crippen LogP contribution in [0.4, 0.5) is 5.69 Å². The molecule has 0 spiro atoms. The molecule has 2 aromatic carbocycles. The van der Waals surface area contributed by atoms with Crippen molar-refractivity contribution in [2.45, 2.75) is 53.9 Å². The zero-order valence-electron chi connectivity index (χ0n) is 21.3. The van der Waals surface area contributed by atoms with Crippen LogP contribution in [0.15, 0.2) is 54.1 Å². The zero-order valence-corrected chi connectivity index (χ0v) is 22.1. The summed E-state index contributed by atoms with van der Waals surface area (Å²) < 4.78 is 2.14. The number of benzene rings is 2. The van der Waals surface area contributed by atoms with Gasteiger partial charge in [0.15, 0.2) is 5.11 Å². The van der Waals surface area contributed by atoms with Crippen molar-refractivity contribution in [2.24, 2.45) is 0 Å². The van der Waals surface area contributed by atoms with Crippen LogP contribution in [-0.4, -0.2) is 21.5 Å². The summed E-state index contributed by atoms with van der Waals surface area (Å²) in [4.78, 5) is 27.7. The van der Waals surface area contributed by atoms with Gasteiger partial charge in [0.2, 0.25) is 0 Å². The number of rotatable bonds is 3. The highest BCUT2D eigenvalue weighted by Crippen LogP contribution is 2.29. The van der Waals surface area contributed by atoms with Gasteiger partial charge in [0.25, 0.3) is 11.8 Å². The first-order valence-corrected chi connectivity index (χ1v) is 12.1. The average Bonchev–Trinajstić information content (AvgIpc) is 3.04. The van der Waals surface area contributed by atoms with Crippen molar-refractivity contribution in [3.8, 4) is 5.69 Å². The lowest BCUT2D eigenvalue weighted by molar-refractivity contribution is -0.122. The second-order valence-electron chi connectivity index (χ2n) is 10.2. The number of anilines is 1. The van der Waals surface area contributed by atoms with Gasteiger partial charge in [0, 0.05) is 17.1 Å². The first-order valence-electron chi connectivity index (χ1n) is 11.7. The van der Waals surface area contributed by atoms with Gasteiger partial charge in [-0.15, -0.1) is 0 Å². The van der Waals surface area contributed by atoms with Crippen LogP contribution in [0.25, 0.3) is 11.8 Å². The zero-order chi connectivity index (χ0) is 25.7. The molecule has 2 heterocycles. The minimum Gasteiger partial charge on any atom is -0.318 e. The predicted octanol–water partition coefficient (Wildman–Crippen LogP) is 5.84. The van der Waals surface area contributed by atoms with Gasteiger partial charge in [-0.05, 0) is 92.4 Å². The SMILES string of the molecule is Cc1ccc(N2C(=O)/C(=C/c3cc(C)n(-c4ccc(C(C)(C)C)cc4)c3C)C(=O)NC2=S)c(C)c1. The van der Waals surface area contributed by atoms with Crippen LogP contribution in [0.2, 0.25) is 0 Å². The van der Waals surface area contributed by atoms with Gasteiger partial charge in [-0.2, -0.15) is 0 Å². The van der Waals surface area contributed by atoms with E-state index in [0.29, 0.717) is 5.69 Å². The van der Waals surface area contributed by atoms with E-state index in [1.807, 2.05) is 52.0 Å². The average molecular weight is 486 g/mol. The number of aromatic nitrogens is 1. The molecule has 1 aromatic heterocycles. The molecule has 0 atom stereocenters. The molecule has 180 valence electrons. The molecule has 1 fully saturated rings. The monoisotopic (exact) mass is 485 g/mol. The number of carbonyl (C=O) groups is 2. The third-order valence-corrected chi connectivity index (χ3v) is 6.74. The summed E-state index contributed by atoms with van der Waals surface area (Å²) >= 11 is 5.37. The molecule has 0 aliphatic carbocycles. The fraction of sp³-hybridized carbons (Fsp3) is 0.276. The molecule has 5 nitrogen and oxygen atoms in total. The van der Waals surface area contributed by atoms with Crippen molar-refractivity contribution < 1.29 is 9.59 Å². The molecule has 4 rings (SSSR count). The molecule has 3 aromatic rings. The summed E-state index contributed by atoms with van der Waals surface area (Å²) in [6.07, 6.45) is 1.66. The third-order valence-electron chi connectivity index (χ3n) is 6.46. The quantitative estimate of drug-likeness (QED) is 0.288. The highest BCUT2D eigenvalue weighted by atomic mass is 32.1. The van der Waals surface area contributed by atoms with Crippen molar-refractivity contribution in [3.63, 3.8) is 0 Å². The Balaban J connectivity index is 1.74. The summed E-state index contributed by atoms with van der Waals surface area (Å²) in [5, 5.41) is 2.78. The maximum Gasteiger partial charge on any atom is 0.270 e. The summed E-state index contributed by atoms with van der Waals surface area (Å²) in [7, 11) is 0. The standard InChI is InChI=1S/C29H31N3O2S/c1-17-8-13-25(18(2)14-17)32-27(34)24(26(33)30-28(32)35)16-21-15-19(3)31(20(21)4)23-11-9-22(10-12-23)29(5,6)7/h8-16H,1-7H3,(H,30,33,35)/b24-16+. The molecular weight excluding hydrogens is 454 g/mol. The lowest BCUT2D eigenvalue weighted by Gasteiger charge is -2.30. The second-order valence-corrected chi connectivity index (χ2v) is 10.6. The van der Waals surface area contributed by atoms with E-state index in [-0.39, 0.29) is 16.1 Å². The maximum atomic E-state index is 13.5. The largest absolute Gasteiger partial charge is 0.318 e. The topological polar surface area (TPSA) is 54.3 Å².